The van der Waals surface area contributed by atoms with Crippen LogP contribution in [-0.2, 0) is 6.54 Å². The summed E-state index contributed by atoms with van der Waals surface area (Å²) in [5, 5.41) is 17.8. The van der Waals surface area contributed by atoms with E-state index in [1.165, 1.54) is 6.20 Å². The summed E-state index contributed by atoms with van der Waals surface area (Å²) in [5.74, 6) is -0.408. The Bertz CT molecular complexity index is 977. The van der Waals surface area contributed by atoms with Gasteiger partial charge in [0.1, 0.15) is 11.3 Å². The Morgan fingerprint density at radius 3 is 2.67 bits per heavy atom. The van der Waals surface area contributed by atoms with Gasteiger partial charge in [0.15, 0.2) is 11.4 Å². The second-order valence-electron chi connectivity index (χ2n) is 5.73. The van der Waals surface area contributed by atoms with Crippen LogP contribution in [0.1, 0.15) is 16.1 Å². The molecule has 5 N–H and O–H groups in total. The van der Waals surface area contributed by atoms with Gasteiger partial charge in [0.2, 0.25) is 0 Å². The third kappa shape index (κ3) is 4.39. The number of anilines is 1. The number of fused-ring (bicyclic) bond motifs is 1. The molecule has 0 saturated heterocycles. The lowest BCUT2D eigenvalue weighted by Crippen LogP contribution is -2.25. The molecule has 0 unspecified atom stereocenters. The molecule has 7 nitrogen and oxygen atoms in total. The second kappa shape index (κ2) is 8.39. The molecule has 0 bridgehead atoms. The highest BCUT2D eigenvalue weighted by atomic mass is 35.5. The maximum atomic E-state index is 12.6. The van der Waals surface area contributed by atoms with Crippen molar-refractivity contribution in [3.63, 3.8) is 0 Å². The third-order valence-electron chi connectivity index (χ3n) is 3.76. The summed E-state index contributed by atoms with van der Waals surface area (Å²) in [6.07, 6.45) is 1.53. The zero-order valence-electron chi connectivity index (χ0n) is 14.2. The normalized spacial score (nSPS) is 10.8. The van der Waals surface area contributed by atoms with Crippen molar-refractivity contribution in [2.45, 2.75) is 6.54 Å². The molecule has 0 aliphatic rings. The van der Waals surface area contributed by atoms with Crippen LogP contribution in [0.2, 0.25) is 10.0 Å². The predicted molar refractivity (Wildman–Crippen MR) is 106 cm³/mol. The summed E-state index contributed by atoms with van der Waals surface area (Å²) in [4.78, 5) is 21.0. The average Bonchev–Trinajstić information content (AvgIpc) is 2.65. The molecular weight excluding hydrogens is 389 g/mol. The van der Waals surface area contributed by atoms with Gasteiger partial charge in [-0.1, -0.05) is 23.2 Å². The first-order valence-electron chi connectivity index (χ1n) is 8.14. The number of benzene rings is 1. The number of halogens is 2. The number of aromatic hydroxyl groups is 1. The predicted octanol–water partition coefficient (Wildman–Crippen LogP) is 2.94. The van der Waals surface area contributed by atoms with Crippen molar-refractivity contribution in [3.05, 3.63) is 57.8 Å². The summed E-state index contributed by atoms with van der Waals surface area (Å²) in [6, 6.07) is 8.46. The molecule has 0 spiro atoms. The lowest BCUT2D eigenvalue weighted by molar-refractivity contribution is 0.0943. The molecule has 3 aromatic rings. The zero-order valence-corrected chi connectivity index (χ0v) is 15.7. The number of rotatable bonds is 6. The van der Waals surface area contributed by atoms with Crippen LogP contribution in [0.15, 0.2) is 36.5 Å². The molecule has 2 heterocycles. The number of amides is 1. The Morgan fingerprint density at radius 2 is 1.96 bits per heavy atom. The van der Waals surface area contributed by atoms with E-state index in [-0.39, 0.29) is 23.5 Å². The van der Waals surface area contributed by atoms with Crippen molar-refractivity contribution in [3.8, 4) is 5.75 Å². The molecule has 0 aliphatic carbocycles. The number of carbonyl (C=O) groups is 1. The van der Waals surface area contributed by atoms with E-state index in [4.69, 9.17) is 28.9 Å². The van der Waals surface area contributed by atoms with E-state index in [1.54, 1.807) is 30.3 Å². The van der Waals surface area contributed by atoms with Crippen LogP contribution in [-0.4, -0.2) is 34.1 Å². The summed E-state index contributed by atoms with van der Waals surface area (Å²) >= 11 is 11.9. The fourth-order valence-corrected chi connectivity index (χ4v) is 3.16. The van der Waals surface area contributed by atoms with E-state index in [1.807, 2.05) is 0 Å². The van der Waals surface area contributed by atoms with E-state index in [9.17, 15) is 9.90 Å². The molecule has 2 aromatic heterocycles. The van der Waals surface area contributed by atoms with Crippen molar-refractivity contribution in [1.29, 1.82) is 0 Å². The smallest absolute Gasteiger partial charge is 0.274 e. The molecule has 1 amide bonds. The van der Waals surface area contributed by atoms with Gasteiger partial charge in [-0.25, -0.2) is 4.98 Å². The van der Waals surface area contributed by atoms with Crippen LogP contribution in [0, 0.1) is 0 Å². The highest BCUT2D eigenvalue weighted by molar-refractivity contribution is 6.34. The molecule has 9 heteroatoms. The van der Waals surface area contributed by atoms with E-state index in [0.717, 1.165) is 5.56 Å². The van der Waals surface area contributed by atoms with Crippen molar-refractivity contribution >= 4 is 45.8 Å². The first kappa shape index (κ1) is 19.2. The van der Waals surface area contributed by atoms with E-state index in [0.29, 0.717) is 34.3 Å². The molecule has 0 saturated carbocycles. The molecule has 27 heavy (non-hydrogen) atoms. The molecule has 140 valence electrons. The maximum absolute atomic E-state index is 12.6. The van der Waals surface area contributed by atoms with Crippen LogP contribution in [0.5, 0.6) is 5.75 Å². The molecule has 1 aromatic carbocycles. The minimum atomic E-state index is -0.549. The number of nitrogens with two attached hydrogens (primary N) is 1. The van der Waals surface area contributed by atoms with Crippen LogP contribution in [0.4, 0.5) is 5.82 Å². The summed E-state index contributed by atoms with van der Waals surface area (Å²) in [5.41, 5.74) is 6.40. The Kier molecular flexibility index (Phi) is 5.95. The largest absolute Gasteiger partial charge is 0.504 e. The van der Waals surface area contributed by atoms with E-state index in [2.05, 4.69) is 20.6 Å². The number of hydrogen-bond donors (Lipinski definition) is 4. The summed E-state index contributed by atoms with van der Waals surface area (Å²) in [7, 11) is 0. The fraction of sp³-hybridized carbons (Fsp3) is 0.167. The van der Waals surface area contributed by atoms with Gasteiger partial charge in [-0.15, -0.1) is 0 Å². The highest BCUT2D eigenvalue weighted by Gasteiger charge is 2.19. The number of nitrogens with one attached hydrogen (secondary N) is 2. The van der Waals surface area contributed by atoms with Crippen molar-refractivity contribution in [2.24, 2.45) is 5.73 Å². The minimum Gasteiger partial charge on any atom is -0.504 e. The Morgan fingerprint density at radius 1 is 1.22 bits per heavy atom. The first-order chi connectivity index (χ1) is 13.0. The first-order valence-corrected chi connectivity index (χ1v) is 8.90. The average molecular weight is 406 g/mol. The number of nitrogens with zero attached hydrogens (tertiary/aromatic N) is 2. The number of hydrogen-bond acceptors (Lipinski definition) is 6. The van der Waals surface area contributed by atoms with E-state index >= 15 is 0 Å². The van der Waals surface area contributed by atoms with Crippen LogP contribution < -0.4 is 16.4 Å². The van der Waals surface area contributed by atoms with E-state index < -0.39 is 5.91 Å². The van der Waals surface area contributed by atoms with Crippen molar-refractivity contribution in [2.75, 3.05) is 18.4 Å². The van der Waals surface area contributed by atoms with Gasteiger partial charge in [-0.3, -0.25) is 9.78 Å². The Labute approximate surface area is 165 Å². The van der Waals surface area contributed by atoms with Gasteiger partial charge in [0.25, 0.3) is 5.91 Å². The molecule has 0 atom stereocenters. The monoisotopic (exact) mass is 405 g/mol. The number of pyridine rings is 2. The Hall–Kier alpha value is -2.61. The van der Waals surface area contributed by atoms with Crippen molar-refractivity contribution < 1.29 is 9.90 Å². The topological polar surface area (TPSA) is 113 Å². The summed E-state index contributed by atoms with van der Waals surface area (Å²) in [6.45, 7) is 1.03. The zero-order chi connectivity index (χ0) is 19.4. The standard InChI is InChI=1S/C18H17Cl2N5O2/c19-11-6-10(7-12(20)8-11)9-24-18(27)15-16(26)14-13(2-1-4-22-14)17(25-15)23-5-3-21/h1-2,4,6-8,26H,3,5,9,21H2,(H,23,25)(H,24,27). The lowest BCUT2D eigenvalue weighted by atomic mass is 10.2. The fourth-order valence-electron chi connectivity index (χ4n) is 2.58. The van der Waals surface area contributed by atoms with Crippen molar-refractivity contribution in [1.82, 2.24) is 15.3 Å². The van der Waals surface area contributed by atoms with Crippen LogP contribution in [0.3, 0.4) is 0 Å². The Balaban J connectivity index is 1.90. The van der Waals surface area contributed by atoms with Gasteiger partial charge in [-0.05, 0) is 35.9 Å². The molecular formula is C18H17Cl2N5O2. The quantitative estimate of drug-likeness (QED) is 0.501. The van der Waals surface area contributed by atoms with Gasteiger partial charge >= 0.3 is 0 Å². The molecule has 0 fully saturated rings. The van der Waals surface area contributed by atoms with Crippen LogP contribution >= 0.6 is 23.2 Å². The molecule has 0 radical (unpaired) electrons. The van der Waals surface area contributed by atoms with Crippen LogP contribution in [0.25, 0.3) is 10.9 Å². The molecule has 3 rings (SSSR count). The van der Waals surface area contributed by atoms with Gasteiger partial charge < -0.3 is 21.5 Å². The SMILES string of the molecule is NCCNc1nc(C(=O)NCc2cc(Cl)cc(Cl)c2)c(O)c2ncccc12. The maximum Gasteiger partial charge on any atom is 0.274 e. The number of aromatic nitrogens is 2. The van der Waals surface area contributed by atoms with Gasteiger partial charge in [0.05, 0.1) is 0 Å². The third-order valence-corrected chi connectivity index (χ3v) is 4.20. The second-order valence-corrected chi connectivity index (χ2v) is 6.61. The highest BCUT2D eigenvalue weighted by Crippen LogP contribution is 2.30. The van der Waals surface area contributed by atoms with Gasteiger partial charge in [-0.2, -0.15) is 0 Å². The summed E-state index contributed by atoms with van der Waals surface area (Å²) < 4.78 is 0. The van der Waals surface area contributed by atoms with Gasteiger partial charge in [0, 0.05) is 41.3 Å². The molecule has 0 aliphatic heterocycles. The minimum absolute atomic E-state index is 0.131. The lowest BCUT2D eigenvalue weighted by Gasteiger charge is -2.13. The number of carbonyl (C=O) groups excluding carboxylic acids is 1.